The second kappa shape index (κ2) is 28.2. The SMILES string of the molecule is CCCC1CCC(C2CCC(C(F)(F)Oc3cc(F)c(O)c(F)c3)CC2)CC1.CCCC1CCC(C2CCC(C(F)(F)Oc3cc(F)c(O/C=C\C(F)(F)F)c(F)c3)CC2)CC1.FC(F)(F)/C=C\Cl.[H-].[Na+]. The Morgan fingerprint density at radius 2 is 0.843 bits per heavy atom. The van der Waals surface area contributed by atoms with Crippen molar-refractivity contribution in [3.05, 3.63) is 71.5 Å². The molecule has 0 unspecified atom stereocenters. The zero-order valence-corrected chi connectivity index (χ0v) is 42.5. The van der Waals surface area contributed by atoms with Gasteiger partial charge in [-0.25, -0.2) is 17.6 Å². The van der Waals surface area contributed by atoms with Gasteiger partial charge in [-0.2, -0.15) is 43.9 Å². The largest absolute Gasteiger partial charge is 1.00 e. The second-order valence-corrected chi connectivity index (χ2v) is 19.2. The van der Waals surface area contributed by atoms with Gasteiger partial charge in [0.05, 0.1) is 24.2 Å². The molecule has 6 rings (SSSR count). The van der Waals surface area contributed by atoms with Crippen molar-refractivity contribution in [1.29, 1.82) is 0 Å². The Morgan fingerprint density at radius 1 is 0.529 bits per heavy atom. The fourth-order valence-corrected chi connectivity index (χ4v) is 10.8. The van der Waals surface area contributed by atoms with E-state index in [1.165, 1.54) is 64.2 Å². The molecule has 0 saturated heterocycles. The van der Waals surface area contributed by atoms with Crippen molar-refractivity contribution in [2.24, 2.45) is 47.3 Å². The van der Waals surface area contributed by atoms with E-state index in [0.717, 1.165) is 37.5 Å². The molecule has 0 amide bonds. The van der Waals surface area contributed by atoms with E-state index in [0.29, 0.717) is 79.2 Å². The zero-order valence-electron chi connectivity index (χ0n) is 40.7. The number of allylic oxidation sites excluding steroid dienone is 2. The van der Waals surface area contributed by atoms with E-state index in [2.05, 4.69) is 39.7 Å². The molecule has 4 fully saturated rings. The van der Waals surface area contributed by atoms with E-state index in [-0.39, 0.29) is 62.2 Å². The summed E-state index contributed by atoms with van der Waals surface area (Å²) in [6, 6.07) is 2.14. The standard InChI is InChI=1S/C25H31F7O2.C22H30F4O2.C3H2ClF3.Na.H/c1-2-3-16-4-6-17(7-5-16)18-8-10-19(11-9-18)25(31,32)34-20-14-21(26)23(22(27)15-20)33-13-12-24(28,29)30;1-2-3-14-4-6-15(7-5-14)16-8-10-17(11-9-16)22(25,26)28-18-12-19(23)21(27)20(24)13-18;4-2-1-3(5,6)7;;/h12-19H,2-11H2,1H3;12-17,27H,2-11H2,1H3;1-2H;;/q;;;+1;-1/b13-12-;;2-1-;;. The van der Waals surface area contributed by atoms with Crippen LogP contribution in [0.25, 0.3) is 0 Å². The van der Waals surface area contributed by atoms with Crippen LogP contribution < -0.4 is 43.8 Å². The molecule has 0 heterocycles. The predicted molar refractivity (Wildman–Crippen MR) is 235 cm³/mol. The topological polar surface area (TPSA) is 47.9 Å². The predicted octanol–water partition coefficient (Wildman–Crippen LogP) is 15.3. The number of hydrogen-bond acceptors (Lipinski definition) is 4. The molecule has 20 heteroatoms. The monoisotopic (exact) mass is 1050 g/mol. The minimum Gasteiger partial charge on any atom is -1.00 e. The van der Waals surface area contributed by atoms with E-state index in [9.17, 15) is 61.5 Å². The van der Waals surface area contributed by atoms with E-state index < -0.39 is 82.7 Å². The van der Waals surface area contributed by atoms with Crippen molar-refractivity contribution in [2.45, 2.75) is 167 Å². The molecule has 4 nitrogen and oxygen atoms in total. The minimum atomic E-state index is -4.73. The van der Waals surface area contributed by atoms with E-state index in [1.54, 1.807) is 0 Å². The Kier molecular flexibility index (Phi) is 24.9. The van der Waals surface area contributed by atoms with Gasteiger partial charge in [-0.15, -0.1) is 0 Å². The molecule has 4 aliphatic rings. The van der Waals surface area contributed by atoms with Crippen molar-refractivity contribution in [3.63, 3.8) is 0 Å². The van der Waals surface area contributed by atoms with Crippen LogP contribution in [0.1, 0.15) is 144 Å². The maximum atomic E-state index is 14.8. The molecule has 394 valence electrons. The Morgan fingerprint density at radius 3 is 1.13 bits per heavy atom. The number of phenols is 1. The normalized spacial score (nSPS) is 25.8. The number of ether oxygens (including phenoxy) is 3. The summed E-state index contributed by atoms with van der Waals surface area (Å²) in [5.74, 6) is -7.46. The molecular weight excluding hydrogens is 989 g/mol. The summed E-state index contributed by atoms with van der Waals surface area (Å²) in [4.78, 5) is 0. The molecule has 0 aliphatic heterocycles. The smallest absolute Gasteiger partial charge is 1.00 e. The second-order valence-electron chi connectivity index (χ2n) is 18.9. The number of alkyl halides is 10. The molecule has 70 heavy (non-hydrogen) atoms. The maximum Gasteiger partial charge on any atom is 1.00 e. The van der Waals surface area contributed by atoms with Crippen molar-refractivity contribution < 1.29 is 112 Å². The van der Waals surface area contributed by atoms with Gasteiger partial charge in [-0.3, -0.25) is 0 Å². The molecule has 0 atom stereocenters. The summed E-state index contributed by atoms with van der Waals surface area (Å²) in [7, 11) is 0. The number of aromatic hydroxyl groups is 1. The third-order valence-corrected chi connectivity index (χ3v) is 14.3. The number of phenolic OH excluding ortho intramolecular Hbond substituents is 1. The van der Waals surface area contributed by atoms with Gasteiger partial charge in [0.15, 0.2) is 34.8 Å². The molecule has 0 radical (unpaired) electrons. The van der Waals surface area contributed by atoms with E-state index in [4.69, 9.17) is 5.11 Å². The van der Waals surface area contributed by atoms with E-state index >= 15 is 0 Å². The van der Waals surface area contributed by atoms with Gasteiger partial charge in [0, 0.05) is 35.9 Å². The van der Waals surface area contributed by atoms with Gasteiger partial charge in [0.25, 0.3) is 0 Å². The fraction of sp³-hybridized carbons (Fsp3) is 0.680. The summed E-state index contributed by atoms with van der Waals surface area (Å²) in [5, 5.41) is 9.08. The molecule has 0 spiro atoms. The van der Waals surface area contributed by atoms with Crippen LogP contribution in [0.15, 0.2) is 48.2 Å². The van der Waals surface area contributed by atoms with Gasteiger partial charge in [0.2, 0.25) is 0 Å². The Bertz CT molecular complexity index is 1880. The van der Waals surface area contributed by atoms with Crippen LogP contribution in [0, 0.1) is 70.6 Å². The minimum absolute atomic E-state index is 0. The first kappa shape index (κ1) is 61.7. The van der Waals surface area contributed by atoms with Crippen LogP contribution >= 0.6 is 11.6 Å². The maximum absolute atomic E-state index is 14.8. The molecule has 2 aromatic carbocycles. The Balaban J connectivity index is 0.000000423. The quantitative estimate of drug-likeness (QED) is 0.116. The van der Waals surface area contributed by atoms with Gasteiger partial charge in [0.1, 0.15) is 11.5 Å². The van der Waals surface area contributed by atoms with Gasteiger partial charge < -0.3 is 20.7 Å². The molecule has 4 saturated carbocycles. The van der Waals surface area contributed by atoms with Crippen molar-refractivity contribution in [3.8, 4) is 23.0 Å². The zero-order chi connectivity index (χ0) is 51.2. The van der Waals surface area contributed by atoms with Crippen LogP contribution in [0.2, 0.25) is 0 Å². The first-order chi connectivity index (χ1) is 32.3. The van der Waals surface area contributed by atoms with Crippen LogP contribution in [0.4, 0.5) is 61.5 Å². The summed E-state index contributed by atoms with van der Waals surface area (Å²) in [5.41, 5.74) is 0.431. The number of benzene rings is 2. The average Bonchev–Trinajstić information content (AvgIpc) is 3.27. The number of halogens is 15. The molecule has 0 aromatic heterocycles. The summed E-state index contributed by atoms with van der Waals surface area (Å²) in [6.45, 7) is 4.41. The van der Waals surface area contributed by atoms with Crippen LogP contribution in [0.5, 0.6) is 23.0 Å². The third-order valence-electron chi connectivity index (χ3n) is 14.2. The van der Waals surface area contributed by atoms with Gasteiger partial charge >= 0.3 is 54.1 Å². The average molecular weight is 1050 g/mol. The molecule has 2 aromatic rings. The molecule has 4 aliphatic carbocycles. The van der Waals surface area contributed by atoms with Crippen molar-refractivity contribution in [1.82, 2.24) is 0 Å². The van der Waals surface area contributed by atoms with Crippen LogP contribution in [0.3, 0.4) is 0 Å². The number of rotatable bonds is 14. The van der Waals surface area contributed by atoms with Crippen molar-refractivity contribution >= 4 is 11.6 Å². The van der Waals surface area contributed by atoms with Gasteiger partial charge in [-0.1, -0.05) is 76.8 Å². The van der Waals surface area contributed by atoms with Crippen molar-refractivity contribution in [2.75, 3.05) is 0 Å². The first-order valence-corrected chi connectivity index (χ1v) is 24.3. The third kappa shape index (κ3) is 20.0. The Labute approximate surface area is 430 Å². The van der Waals surface area contributed by atoms with Crippen LogP contribution in [-0.2, 0) is 0 Å². The summed E-state index contributed by atoms with van der Waals surface area (Å²) < 4.78 is 196. The molecular formula is C50H64ClF14NaO4. The summed E-state index contributed by atoms with van der Waals surface area (Å²) in [6.07, 6.45) is 2.29. The van der Waals surface area contributed by atoms with Crippen LogP contribution in [-0.4, -0.2) is 29.7 Å². The van der Waals surface area contributed by atoms with E-state index in [1.807, 2.05) is 0 Å². The summed E-state index contributed by atoms with van der Waals surface area (Å²) >= 11 is 4.59. The van der Waals surface area contributed by atoms with Gasteiger partial charge in [-0.05, 0) is 113 Å². The Hall–Kier alpha value is -2.57. The number of hydrogen-bond donors (Lipinski definition) is 1. The fourth-order valence-electron chi connectivity index (χ4n) is 10.6. The molecule has 0 bridgehead atoms. The molecule has 1 N–H and O–H groups in total. The first-order valence-electron chi connectivity index (χ1n) is 23.9.